The minimum atomic E-state index is -3.94. The van der Waals surface area contributed by atoms with E-state index in [4.69, 9.17) is 9.88 Å². The van der Waals surface area contributed by atoms with Crippen molar-refractivity contribution < 1.29 is 17.9 Å². The molecule has 0 unspecified atom stereocenters. The summed E-state index contributed by atoms with van der Waals surface area (Å²) < 4.78 is 28.1. The Kier molecular flexibility index (Phi) is 5.67. The summed E-state index contributed by atoms with van der Waals surface area (Å²) in [5, 5.41) is 5.15. The molecule has 0 saturated carbocycles. The molecule has 0 fully saturated rings. The lowest BCUT2D eigenvalue weighted by Crippen LogP contribution is -2.40. The lowest BCUT2D eigenvalue weighted by molar-refractivity contribution is 0.0631. The first-order chi connectivity index (χ1) is 9.29. The molecule has 0 radical (unpaired) electrons. The minimum Gasteiger partial charge on any atom is -0.383 e. The van der Waals surface area contributed by atoms with Gasteiger partial charge in [-0.05, 0) is 26.0 Å². The zero-order valence-electron chi connectivity index (χ0n) is 11.9. The molecule has 1 aromatic carbocycles. The molecular formula is C13H20N2O4S. The number of ether oxygens (including phenoxy) is 1. The van der Waals surface area contributed by atoms with Crippen molar-refractivity contribution in [1.29, 1.82) is 0 Å². The smallest absolute Gasteiger partial charge is 0.255 e. The molecule has 1 aromatic rings. The second-order valence-corrected chi connectivity index (χ2v) is 6.16. The highest BCUT2D eigenvalue weighted by molar-refractivity contribution is 7.89. The van der Waals surface area contributed by atoms with Crippen LogP contribution in [0.1, 0.15) is 24.2 Å². The van der Waals surface area contributed by atoms with Crippen molar-refractivity contribution in [2.45, 2.75) is 24.8 Å². The number of rotatable bonds is 6. The number of amides is 1. The third-order valence-electron chi connectivity index (χ3n) is 2.84. The summed E-state index contributed by atoms with van der Waals surface area (Å²) in [4.78, 5) is 13.9. The van der Waals surface area contributed by atoms with E-state index in [1.54, 1.807) is 18.1 Å². The van der Waals surface area contributed by atoms with Crippen molar-refractivity contribution in [1.82, 2.24) is 4.90 Å². The van der Waals surface area contributed by atoms with E-state index < -0.39 is 10.0 Å². The Bertz CT molecular complexity index is 569. The monoisotopic (exact) mass is 300 g/mol. The molecule has 1 amide bonds. The van der Waals surface area contributed by atoms with Crippen LogP contribution in [-0.4, -0.2) is 45.5 Å². The van der Waals surface area contributed by atoms with Crippen LogP contribution in [0.3, 0.4) is 0 Å². The molecule has 0 aliphatic rings. The van der Waals surface area contributed by atoms with E-state index in [9.17, 15) is 13.2 Å². The molecule has 0 aromatic heterocycles. The number of hydrogen-bond acceptors (Lipinski definition) is 4. The maximum absolute atomic E-state index is 12.5. The minimum absolute atomic E-state index is 0.0776. The van der Waals surface area contributed by atoms with Gasteiger partial charge in [0.1, 0.15) is 0 Å². The molecule has 0 spiro atoms. The van der Waals surface area contributed by atoms with Crippen molar-refractivity contribution in [3.8, 4) is 0 Å². The van der Waals surface area contributed by atoms with E-state index >= 15 is 0 Å². The molecule has 112 valence electrons. The summed E-state index contributed by atoms with van der Waals surface area (Å²) in [6, 6.07) is 5.86. The lowest BCUT2D eigenvalue weighted by Gasteiger charge is -2.27. The van der Waals surface area contributed by atoms with Crippen LogP contribution in [-0.2, 0) is 14.8 Å². The molecule has 20 heavy (non-hydrogen) atoms. The Morgan fingerprint density at radius 2 is 1.95 bits per heavy atom. The maximum Gasteiger partial charge on any atom is 0.255 e. The van der Waals surface area contributed by atoms with E-state index in [1.807, 2.05) is 13.8 Å². The summed E-state index contributed by atoms with van der Waals surface area (Å²) in [5.74, 6) is -0.373. The number of carbonyl (C=O) groups excluding carboxylic acids is 1. The molecule has 0 atom stereocenters. The Labute approximate surface area is 119 Å². The quantitative estimate of drug-likeness (QED) is 0.842. The Morgan fingerprint density at radius 1 is 1.35 bits per heavy atom. The van der Waals surface area contributed by atoms with Gasteiger partial charge in [0, 0.05) is 19.7 Å². The number of sulfonamides is 1. The van der Waals surface area contributed by atoms with Crippen molar-refractivity contribution >= 4 is 15.9 Å². The fourth-order valence-corrected chi connectivity index (χ4v) is 2.56. The van der Waals surface area contributed by atoms with Crippen molar-refractivity contribution in [3.05, 3.63) is 29.8 Å². The molecule has 0 aliphatic carbocycles. The zero-order chi connectivity index (χ0) is 15.3. The third kappa shape index (κ3) is 4.03. The first-order valence-corrected chi connectivity index (χ1v) is 7.75. The molecule has 1 rings (SSSR count). The van der Waals surface area contributed by atoms with Gasteiger partial charge < -0.3 is 9.64 Å². The highest BCUT2D eigenvalue weighted by atomic mass is 32.2. The standard InChI is InChI=1S/C13H20N2O4S/c1-10(2)15(8-9-19-3)13(16)11-6-4-5-7-12(11)20(14,17)18/h4-7,10H,8-9H2,1-3H3,(H2,14,17,18). The van der Waals surface area contributed by atoms with Crippen LogP contribution in [0.15, 0.2) is 29.2 Å². The zero-order valence-corrected chi connectivity index (χ0v) is 12.7. The van der Waals surface area contributed by atoms with E-state index in [1.165, 1.54) is 18.2 Å². The van der Waals surface area contributed by atoms with Gasteiger partial charge in [0.05, 0.1) is 17.1 Å². The SMILES string of the molecule is COCCN(C(=O)c1ccccc1S(N)(=O)=O)C(C)C. The summed E-state index contributed by atoms with van der Waals surface area (Å²) in [6.45, 7) is 4.47. The first-order valence-electron chi connectivity index (χ1n) is 6.20. The molecule has 0 saturated heterocycles. The predicted octanol–water partition coefficient (Wildman–Crippen LogP) is 0.831. The molecule has 2 N–H and O–H groups in total. The van der Waals surface area contributed by atoms with Gasteiger partial charge in [-0.2, -0.15) is 0 Å². The largest absolute Gasteiger partial charge is 0.383 e. The van der Waals surface area contributed by atoms with Crippen molar-refractivity contribution in [2.24, 2.45) is 5.14 Å². The maximum atomic E-state index is 12.5. The topological polar surface area (TPSA) is 89.7 Å². The fourth-order valence-electron chi connectivity index (χ4n) is 1.83. The molecule has 0 bridgehead atoms. The number of hydrogen-bond donors (Lipinski definition) is 1. The highest BCUT2D eigenvalue weighted by Gasteiger charge is 2.24. The van der Waals surface area contributed by atoms with Crippen LogP contribution in [0.4, 0.5) is 0 Å². The summed E-state index contributed by atoms with van der Waals surface area (Å²) in [6.07, 6.45) is 0. The number of carbonyl (C=O) groups is 1. The van der Waals surface area contributed by atoms with E-state index in [-0.39, 0.29) is 22.4 Å². The molecular weight excluding hydrogens is 280 g/mol. The predicted molar refractivity (Wildman–Crippen MR) is 75.9 cm³/mol. The van der Waals surface area contributed by atoms with Crippen molar-refractivity contribution in [2.75, 3.05) is 20.3 Å². The number of nitrogens with zero attached hydrogens (tertiary/aromatic N) is 1. The Hall–Kier alpha value is -1.44. The van der Waals surface area contributed by atoms with Gasteiger partial charge >= 0.3 is 0 Å². The Morgan fingerprint density at radius 3 is 2.45 bits per heavy atom. The number of nitrogens with two attached hydrogens (primary N) is 1. The van der Waals surface area contributed by atoms with Gasteiger partial charge in [-0.15, -0.1) is 0 Å². The molecule has 7 heteroatoms. The second kappa shape index (κ2) is 6.83. The van der Waals surface area contributed by atoms with E-state index in [2.05, 4.69) is 0 Å². The van der Waals surface area contributed by atoms with Gasteiger partial charge in [-0.1, -0.05) is 12.1 Å². The van der Waals surface area contributed by atoms with Crippen LogP contribution >= 0.6 is 0 Å². The molecule has 0 aliphatic heterocycles. The van der Waals surface area contributed by atoms with Crippen LogP contribution in [0.25, 0.3) is 0 Å². The van der Waals surface area contributed by atoms with Gasteiger partial charge in [-0.25, -0.2) is 13.6 Å². The Balaban J connectivity index is 3.19. The lowest BCUT2D eigenvalue weighted by atomic mass is 10.1. The number of benzene rings is 1. The highest BCUT2D eigenvalue weighted by Crippen LogP contribution is 2.17. The second-order valence-electron chi connectivity index (χ2n) is 4.63. The van der Waals surface area contributed by atoms with Crippen LogP contribution in [0.2, 0.25) is 0 Å². The van der Waals surface area contributed by atoms with Crippen LogP contribution in [0.5, 0.6) is 0 Å². The number of methoxy groups -OCH3 is 1. The normalized spacial score (nSPS) is 11.7. The van der Waals surface area contributed by atoms with Gasteiger partial charge in [0.15, 0.2) is 0 Å². The van der Waals surface area contributed by atoms with Gasteiger partial charge in [-0.3, -0.25) is 4.79 Å². The van der Waals surface area contributed by atoms with Crippen LogP contribution in [0, 0.1) is 0 Å². The van der Waals surface area contributed by atoms with Gasteiger partial charge in [0.25, 0.3) is 5.91 Å². The van der Waals surface area contributed by atoms with Crippen LogP contribution < -0.4 is 5.14 Å². The van der Waals surface area contributed by atoms with E-state index in [0.717, 1.165) is 0 Å². The van der Waals surface area contributed by atoms with E-state index in [0.29, 0.717) is 13.2 Å². The summed E-state index contributed by atoms with van der Waals surface area (Å²) in [7, 11) is -2.39. The van der Waals surface area contributed by atoms with Gasteiger partial charge in [0.2, 0.25) is 10.0 Å². The summed E-state index contributed by atoms with van der Waals surface area (Å²) >= 11 is 0. The summed E-state index contributed by atoms with van der Waals surface area (Å²) in [5.41, 5.74) is 0.0832. The number of primary sulfonamides is 1. The fraction of sp³-hybridized carbons (Fsp3) is 0.462. The molecule has 6 nitrogen and oxygen atoms in total. The average molecular weight is 300 g/mol. The third-order valence-corrected chi connectivity index (χ3v) is 3.81. The van der Waals surface area contributed by atoms with Crippen molar-refractivity contribution in [3.63, 3.8) is 0 Å². The average Bonchev–Trinajstić information content (AvgIpc) is 2.37. The molecule has 0 heterocycles. The first kappa shape index (κ1) is 16.6.